The number of hydrogen-bond acceptors (Lipinski definition) is 7. The summed E-state index contributed by atoms with van der Waals surface area (Å²) in [5.41, 5.74) is -0.181. The number of alkyl halides is 1. The molecule has 236 valence electrons. The van der Waals surface area contributed by atoms with E-state index in [2.05, 4.69) is 27.4 Å². The zero-order valence-corrected chi connectivity index (χ0v) is 25.5. The van der Waals surface area contributed by atoms with Crippen LogP contribution in [-0.2, 0) is 4.79 Å². The molecule has 2 aromatic heterocycles. The first-order chi connectivity index (χ1) is 22.2. The molecule has 11 heteroatoms. The Kier molecular flexibility index (Phi) is 7.56. The van der Waals surface area contributed by atoms with Gasteiger partial charge in [0.25, 0.3) is 0 Å². The number of carbonyl (C=O) groups excluding carboxylic acids is 1. The van der Waals surface area contributed by atoms with Crippen LogP contribution in [0.3, 0.4) is 0 Å². The normalized spacial score (nSPS) is 22.7. The van der Waals surface area contributed by atoms with E-state index >= 15 is 4.39 Å². The number of hydrogen-bond donors (Lipinski definition) is 0. The van der Waals surface area contributed by atoms with Gasteiger partial charge in [0.1, 0.15) is 35.6 Å². The van der Waals surface area contributed by atoms with Crippen molar-refractivity contribution in [3.05, 3.63) is 66.4 Å². The van der Waals surface area contributed by atoms with Gasteiger partial charge in [0.2, 0.25) is 5.91 Å². The van der Waals surface area contributed by atoms with E-state index in [1.807, 2.05) is 11.9 Å². The molecule has 3 saturated heterocycles. The predicted octanol–water partition coefficient (Wildman–Crippen LogP) is 5.28. The molecule has 3 aliphatic rings. The smallest absolute Gasteiger partial charge is 0.319 e. The van der Waals surface area contributed by atoms with Gasteiger partial charge in [-0.05, 0) is 43.3 Å². The number of carbonyl (C=O) groups is 1. The van der Waals surface area contributed by atoms with Gasteiger partial charge in [-0.3, -0.25) is 14.7 Å². The molecule has 5 heterocycles. The van der Waals surface area contributed by atoms with Crippen LogP contribution in [0.5, 0.6) is 6.01 Å². The molecule has 3 aliphatic heterocycles. The number of nitrogens with zero attached hydrogens (tertiary/aromatic N) is 6. The fraction of sp³-hybridized carbons (Fsp3) is 0.371. The largest absolute Gasteiger partial charge is 0.461 e. The van der Waals surface area contributed by atoms with Crippen molar-refractivity contribution >= 4 is 33.4 Å². The maximum atomic E-state index is 16.7. The summed E-state index contributed by atoms with van der Waals surface area (Å²) in [6.45, 7) is 5.90. The van der Waals surface area contributed by atoms with E-state index in [0.717, 1.165) is 19.4 Å². The van der Waals surface area contributed by atoms with E-state index in [1.54, 1.807) is 29.2 Å². The highest BCUT2D eigenvalue weighted by atomic mass is 19.1. The first-order valence-corrected chi connectivity index (χ1v) is 15.4. The van der Waals surface area contributed by atoms with Crippen molar-refractivity contribution < 1.29 is 22.7 Å². The average molecular weight is 627 g/mol. The van der Waals surface area contributed by atoms with Crippen LogP contribution >= 0.6 is 0 Å². The van der Waals surface area contributed by atoms with Crippen molar-refractivity contribution in [3.63, 3.8) is 0 Å². The van der Waals surface area contributed by atoms with Crippen LogP contribution in [0.25, 0.3) is 32.9 Å². The van der Waals surface area contributed by atoms with Gasteiger partial charge in [0.05, 0.1) is 16.5 Å². The number of likely N-dealkylation sites (N-methyl/N-ethyl adjacent to an activating group) is 1. The van der Waals surface area contributed by atoms with E-state index in [1.165, 1.54) is 18.3 Å². The molecule has 8 nitrogen and oxygen atoms in total. The second kappa shape index (κ2) is 11.6. The fourth-order valence-corrected chi connectivity index (χ4v) is 7.44. The third kappa shape index (κ3) is 4.92. The number of ether oxygens (including phenoxy) is 1. The van der Waals surface area contributed by atoms with Crippen molar-refractivity contribution in [1.29, 1.82) is 0 Å². The Labute approximate surface area is 264 Å². The lowest BCUT2D eigenvalue weighted by atomic mass is 9.95. The zero-order valence-electron chi connectivity index (χ0n) is 25.5. The third-order valence-corrected chi connectivity index (χ3v) is 9.80. The molecular weight excluding hydrogens is 593 g/mol. The fourth-order valence-electron chi connectivity index (χ4n) is 7.44. The minimum Gasteiger partial charge on any atom is -0.461 e. The van der Waals surface area contributed by atoms with Gasteiger partial charge in [-0.25, -0.2) is 13.2 Å². The molecule has 1 amide bonds. The van der Waals surface area contributed by atoms with Gasteiger partial charge in [0, 0.05) is 56.3 Å². The van der Waals surface area contributed by atoms with Crippen LogP contribution in [0, 0.1) is 24.0 Å². The van der Waals surface area contributed by atoms with Crippen LogP contribution in [0.15, 0.2) is 49.2 Å². The standard InChI is InChI=1S/C35H33F3N6O2/c1-4-24-27(37)11-10-21-8-6-9-25(29(21)24)31-30(38)32-26(17-39-31)33(42(3)23-12-15-43(19-23)28(45)5-2)41-34(40-32)46-20-35-13-7-14-44(35)18-22(36)16-35/h1,5-6,8-11,17,22-23H,2,7,12-16,18-20H2,3H3/t22-,23+,35-/m1/s1. The van der Waals surface area contributed by atoms with E-state index in [9.17, 15) is 13.6 Å². The third-order valence-electron chi connectivity index (χ3n) is 9.80. The Morgan fingerprint density at radius 3 is 2.89 bits per heavy atom. The molecule has 3 atom stereocenters. The Hall–Kier alpha value is -4.69. The molecule has 46 heavy (non-hydrogen) atoms. The van der Waals surface area contributed by atoms with Crippen molar-refractivity contribution in [2.24, 2.45) is 0 Å². The molecule has 7 rings (SSSR count). The molecule has 0 N–H and O–H groups in total. The summed E-state index contributed by atoms with van der Waals surface area (Å²) in [7, 11) is 1.83. The lowest BCUT2D eigenvalue weighted by molar-refractivity contribution is -0.125. The van der Waals surface area contributed by atoms with Crippen LogP contribution in [0.1, 0.15) is 31.2 Å². The Morgan fingerprint density at radius 2 is 2.09 bits per heavy atom. The van der Waals surface area contributed by atoms with Gasteiger partial charge < -0.3 is 14.5 Å². The lowest BCUT2D eigenvalue weighted by Gasteiger charge is -2.31. The van der Waals surface area contributed by atoms with Gasteiger partial charge in [0.15, 0.2) is 5.82 Å². The summed E-state index contributed by atoms with van der Waals surface area (Å²) < 4.78 is 52.2. The summed E-state index contributed by atoms with van der Waals surface area (Å²) in [4.78, 5) is 31.8. The van der Waals surface area contributed by atoms with Crippen molar-refractivity contribution in [2.45, 2.75) is 43.4 Å². The number of halogens is 3. The minimum absolute atomic E-state index is 0.0180. The Balaban J connectivity index is 1.34. The van der Waals surface area contributed by atoms with Crippen molar-refractivity contribution in [2.75, 3.05) is 44.7 Å². The lowest BCUT2D eigenvalue weighted by Crippen LogP contribution is -2.43. The van der Waals surface area contributed by atoms with Crippen LogP contribution in [-0.4, -0.2) is 88.2 Å². The topological polar surface area (TPSA) is 74.7 Å². The Morgan fingerprint density at radius 1 is 1.24 bits per heavy atom. The molecule has 0 radical (unpaired) electrons. The highest BCUT2D eigenvalue weighted by molar-refractivity contribution is 6.02. The second-order valence-electron chi connectivity index (χ2n) is 12.4. The average Bonchev–Trinajstić information content (AvgIpc) is 3.78. The summed E-state index contributed by atoms with van der Waals surface area (Å²) in [6.07, 6.45) is 10.3. The van der Waals surface area contributed by atoms with Crippen LogP contribution in [0.2, 0.25) is 0 Å². The van der Waals surface area contributed by atoms with Gasteiger partial charge in [-0.15, -0.1) is 6.42 Å². The van der Waals surface area contributed by atoms with Gasteiger partial charge >= 0.3 is 6.01 Å². The number of amides is 1. The predicted molar refractivity (Wildman–Crippen MR) is 170 cm³/mol. The minimum atomic E-state index is -0.934. The number of rotatable bonds is 7. The maximum absolute atomic E-state index is 16.7. The summed E-state index contributed by atoms with van der Waals surface area (Å²) in [5, 5.41) is 1.36. The highest BCUT2D eigenvalue weighted by Gasteiger charge is 2.49. The molecule has 3 fully saturated rings. The first kappa shape index (κ1) is 30.0. The van der Waals surface area contributed by atoms with Crippen LogP contribution in [0.4, 0.5) is 19.0 Å². The van der Waals surface area contributed by atoms with Gasteiger partial charge in [-0.1, -0.05) is 36.8 Å². The van der Waals surface area contributed by atoms with Gasteiger partial charge in [-0.2, -0.15) is 9.97 Å². The maximum Gasteiger partial charge on any atom is 0.319 e. The molecule has 0 unspecified atom stereocenters. The Bertz CT molecular complexity index is 1930. The molecular formula is C35H33F3N6O2. The van der Waals surface area contributed by atoms with E-state index < -0.39 is 23.3 Å². The number of fused-ring (bicyclic) bond motifs is 3. The molecule has 0 aliphatic carbocycles. The molecule has 0 saturated carbocycles. The molecule has 2 aromatic carbocycles. The SMILES string of the molecule is C#Cc1c(F)ccc2cccc(-c3ncc4c(N(C)[C@H]5CCN(C(=O)C=C)C5)nc(OC[C@]56CCCN5C[C@H](F)C6)nc4c3F)c12. The second-order valence-corrected chi connectivity index (χ2v) is 12.4. The number of aromatic nitrogens is 3. The summed E-state index contributed by atoms with van der Waals surface area (Å²) in [6, 6.07) is 7.87. The molecule has 0 bridgehead atoms. The molecule has 0 spiro atoms. The number of anilines is 1. The zero-order chi connectivity index (χ0) is 32.2. The quantitative estimate of drug-likeness (QED) is 0.204. The van der Waals surface area contributed by atoms with E-state index in [-0.39, 0.29) is 41.3 Å². The monoisotopic (exact) mass is 626 g/mol. The van der Waals surface area contributed by atoms with E-state index in [4.69, 9.17) is 16.1 Å². The summed E-state index contributed by atoms with van der Waals surface area (Å²) >= 11 is 0. The van der Waals surface area contributed by atoms with Crippen molar-refractivity contribution in [3.8, 4) is 29.6 Å². The number of terminal acetylenes is 1. The van der Waals surface area contributed by atoms with E-state index in [0.29, 0.717) is 60.0 Å². The number of benzene rings is 2. The summed E-state index contributed by atoms with van der Waals surface area (Å²) in [5.74, 6) is 1.31. The first-order valence-electron chi connectivity index (χ1n) is 15.4. The number of pyridine rings is 1. The molecule has 4 aromatic rings. The van der Waals surface area contributed by atoms with Crippen molar-refractivity contribution in [1.82, 2.24) is 24.8 Å². The highest BCUT2D eigenvalue weighted by Crippen LogP contribution is 2.41. The number of likely N-dealkylation sites (tertiary alicyclic amines) is 1. The van der Waals surface area contributed by atoms with Crippen LogP contribution < -0.4 is 9.64 Å².